The molecule has 4 heteroatoms. The van der Waals surface area contributed by atoms with Gasteiger partial charge in [-0.2, -0.15) is 0 Å². The lowest BCUT2D eigenvalue weighted by Gasteiger charge is -2.21. The molecule has 0 aromatic heterocycles. The highest BCUT2D eigenvalue weighted by atomic mass is 19.1. The van der Waals surface area contributed by atoms with Crippen LogP contribution in [0.25, 0.3) is 0 Å². The molecule has 0 atom stereocenters. The van der Waals surface area contributed by atoms with E-state index in [4.69, 9.17) is 4.74 Å². The Morgan fingerprint density at radius 3 is 2.94 bits per heavy atom. The van der Waals surface area contributed by atoms with E-state index < -0.39 is 11.6 Å². The molecule has 1 aromatic carbocycles. The summed E-state index contributed by atoms with van der Waals surface area (Å²) in [4.78, 5) is 0. The monoisotopic (exact) mass is 227 g/mol. The largest absolute Gasteiger partial charge is 0.493 e. The third-order valence-corrected chi connectivity index (χ3v) is 2.82. The topological polar surface area (TPSA) is 21.3 Å². The van der Waals surface area contributed by atoms with Crippen molar-refractivity contribution in [3.8, 4) is 5.75 Å². The quantitative estimate of drug-likeness (QED) is 0.853. The highest BCUT2D eigenvalue weighted by molar-refractivity contribution is 5.44. The van der Waals surface area contributed by atoms with Crippen LogP contribution in [-0.2, 0) is 12.8 Å². The first-order valence-corrected chi connectivity index (χ1v) is 5.51. The standard InChI is InChI=1S/C12H15F2NO/c1-15-5-4-9-11(14)7-10(13)8-3-2-6-16-12(8)9/h7,15H,2-6H2,1H3. The molecule has 2 rings (SSSR count). The molecule has 0 spiro atoms. The Labute approximate surface area is 93.6 Å². The van der Waals surface area contributed by atoms with Crippen molar-refractivity contribution < 1.29 is 13.5 Å². The van der Waals surface area contributed by atoms with E-state index in [9.17, 15) is 8.78 Å². The molecule has 0 radical (unpaired) electrons. The smallest absolute Gasteiger partial charge is 0.133 e. The molecule has 1 aliphatic heterocycles. The average molecular weight is 227 g/mol. The Balaban J connectivity index is 2.41. The average Bonchev–Trinajstić information content (AvgIpc) is 2.29. The van der Waals surface area contributed by atoms with E-state index in [1.807, 2.05) is 0 Å². The second kappa shape index (κ2) is 4.78. The van der Waals surface area contributed by atoms with Gasteiger partial charge in [-0.15, -0.1) is 0 Å². The summed E-state index contributed by atoms with van der Waals surface area (Å²) in [6.07, 6.45) is 1.94. The molecule has 0 saturated heterocycles. The Morgan fingerprint density at radius 2 is 2.19 bits per heavy atom. The van der Waals surface area contributed by atoms with E-state index in [1.165, 1.54) is 0 Å². The minimum atomic E-state index is -0.506. The predicted octanol–water partition coefficient (Wildman–Crippen LogP) is 2.05. The first-order valence-electron chi connectivity index (χ1n) is 5.51. The summed E-state index contributed by atoms with van der Waals surface area (Å²) in [5, 5.41) is 2.95. The molecule has 0 bridgehead atoms. The van der Waals surface area contributed by atoms with Gasteiger partial charge in [-0.25, -0.2) is 8.78 Å². The van der Waals surface area contributed by atoms with E-state index in [0.29, 0.717) is 42.9 Å². The maximum Gasteiger partial charge on any atom is 0.133 e. The molecule has 88 valence electrons. The minimum Gasteiger partial charge on any atom is -0.493 e. The van der Waals surface area contributed by atoms with Gasteiger partial charge in [0.2, 0.25) is 0 Å². The number of hydrogen-bond donors (Lipinski definition) is 1. The number of benzene rings is 1. The lowest BCUT2D eigenvalue weighted by atomic mass is 9.99. The molecule has 16 heavy (non-hydrogen) atoms. The number of nitrogens with one attached hydrogen (secondary N) is 1. The van der Waals surface area contributed by atoms with Crippen LogP contribution in [0.15, 0.2) is 6.07 Å². The molecule has 0 saturated carbocycles. The van der Waals surface area contributed by atoms with Crippen molar-refractivity contribution in [1.29, 1.82) is 0 Å². The van der Waals surface area contributed by atoms with Crippen molar-refractivity contribution in [2.45, 2.75) is 19.3 Å². The molecule has 0 unspecified atom stereocenters. The van der Waals surface area contributed by atoms with Crippen molar-refractivity contribution in [2.75, 3.05) is 20.2 Å². The van der Waals surface area contributed by atoms with Crippen LogP contribution >= 0.6 is 0 Å². The fourth-order valence-electron chi connectivity index (χ4n) is 2.00. The molecule has 0 fully saturated rings. The van der Waals surface area contributed by atoms with E-state index in [2.05, 4.69) is 5.32 Å². The SMILES string of the molecule is CNCCc1c(F)cc(F)c2c1OCCC2. The van der Waals surface area contributed by atoms with Crippen LogP contribution in [0.2, 0.25) is 0 Å². The second-order valence-corrected chi connectivity index (χ2v) is 3.93. The highest BCUT2D eigenvalue weighted by Gasteiger charge is 2.22. The number of likely N-dealkylation sites (N-methyl/N-ethyl adjacent to an activating group) is 1. The number of fused-ring (bicyclic) bond motifs is 1. The van der Waals surface area contributed by atoms with E-state index in [-0.39, 0.29) is 0 Å². The lowest BCUT2D eigenvalue weighted by Crippen LogP contribution is -2.17. The summed E-state index contributed by atoms with van der Waals surface area (Å²) >= 11 is 0. The van der Waals surface area contributed by atoms with Crippen LogP contribution in [0.4, 0.5) is 8.78 Å². The van der Waals surface area contributed by atoms with Crippen LogP contribution in [0.3, 0.4) is 0 Å². The summed E-state index contributed by atoms with van der Waals surface area (Å²) in [6.45, 7) is 1.20. The zero-order chi connectivity index (χ0) is 11.5. The van der Waals surface area contributed by atoms with Gasteiger partial charge in [0.1, 0.15) is 17.4 Å². The molecule has 0 aliphatic carbocycles. The lowest BCUT2D eigenvalue weighted by molar-refractivity contribution is 0.278. The van der Waals surface area contributed by atoms with Crippen molar-refractivity contribution in [2.24, 2.45) is 0 Å². The van der Waals surface area contributed by atoms with Gasteiger partial charge in [-0.3, -0.25) is 0 Å². The van der Waals surface area contributed by atoms with Gasteiger partial charge >= 0.3 is 0 Å². The van der Waals surface area contributed by atoms with E-state index >= 15 is 0 Å². The van der Waals surface area contributed by atoms with Gasteiger partial charge in [0.15, 0.2) is 0 Å². The summed E-state index contributed by atoms with van der Waals surface area (Å²) < 4.78 is 32.5. The van der Waals surface area contributed by atoms with Gasteiger partial charge in [-0.05, 0) is 32.9 Å². The summed E-state index contributed by atoms with van der Waals surface area (Å²) in [6, 6.07) is 0.971. The van der Waals surface area contributed by atoms with Crippen molar-refractivity contribution >= 4 is 0 Å². The fourth-order valence-corrected chi connectivity index (χ4v) is 2.00. The van der Waals surface area contributed by atoms with Crippen molar-refractivity contribution in [3.63, 3.8) is 0 Å². The number of ether oxygens (including phenoxy) is 1. The van der Waals surface area contributed by atoms with Gasteiger partial charge in [0.25, 0.3) is 0 Å². The van der Waals surface area contributed by atoms with Crippen molar-refractivity contribution in [1.82, 2.24) is 5.32 Å². The molecule has 2 nitrogen and oxygen atoms in total. The number of halogens is 2. The van der Waals surface area contributed by atoms with Crippen LogP contribution in [0.1, 0.15) is 17.5 Å². The first kappa shape index (κ1) is 11.3. The Morgan fingerprint density at radius 1 is 1.38 bits per heavy atom. The fraction of sp³-hybridized carbons (Fsp3) is 0.500. The molecule has 1 heterocycles. The maximum atomic E-state index is 13.6. The number of hydrogen-bond acceptors (Lipinski definition) is 2. The normalized spacial score (nSPS) is 14.4. The van der Waals surface area contributed by atoms with Gasteiger partial charge in [0.05, 0.1) is 6.61 Å². The summed E-state index contributed by atoms with van der Waals surface area (Å²) in [5.41, 5.74) is 1.02. The third kappa shape index (κ3) is 2.02. The Bertz CT molecular complexity index is 393. The van der Waals surface area contributed by atoms with Crippen molar-refractivity contribution in [3.05, 3.63) is 28.8 Å². The van der Waals surface area contributed by atoms with Gasteiger partial charge in [0, 0.05) is 17.2 Å². The molecular weight excluding hydrogens is 212 g/mol. The summed E-state index contributed by atoms with van der Waals surface area (Å²) in [7, 11) is 1.80. The maximum absolute atomic E-state index is 13.6. The Kier molecular flexibility index (Phi) is 3.39. The molecule has 1 aromatic rings. The molecule has 1 aliphatic rings. The van der Waals surface area contributed by atoms with Crippen LogP contribution < -0.4 is 10.1 Å². The second-order valence-electron chi connectivity index (χ2n) is 3.93. The molecule has 1 N–H and O–H groups in total. The zero-order valence-corrected chi connectivity index (χ0v) is 9.28. The number of rotatable bonds is 3. The summed E-state index contributed by atoms with van der Waals surface area (Å²) in [5.74, 6) is -0.562. The minimum absolute atomic E-state index is 0.430. The van der Waals surface area contributed by atoms with E-state index in [0.717, 1.165) is 12.5 Å². The van der Waals surface area contributed by atoms with E-state index in [1.54, 1.807) is 7.05 Å². The van der Waals surface area contributed by atoms with Crippen LogP contribution in [-0.4, -0.2) is 20.2 Å². The zero-order valence-electron chi connectivity index (χ0n) is 9.28. The van der Waals surface area contributed by atoms with Crippen LogP contribution in [0, 0.1) is 11.6 Å². The van der Waals surface area contributed by atoms with Gasteiger partial charge in [-0.1, -0.05) is 0 Å². The van der Waals surface area contributed by atoms with Crippen LogP contribution in [0.5, 0.6) is 5.75 Å². The van der Waals surface area contributed by atoms with Gasteiger partial charge < -0.3 is 10.1 Å². The predicted molar refractivity (Wildman–Crippen MR) is 57.8 cm³/mol. The third-order valence-electron chi connectivity index (χ3n) is 2.82. The Hall–Kier alpha value is -1.16. The molecular formula is C12H15F2NO. The first-order chi connectivity index (χ1) is 7.74. The molecule has 0 amide bonds. The highest BCUT2D eigenvalue weighted by Crippen LogP contribution is 2.33.